The molecule has 0 saturated carbocycles. The number of pyridine rings is 1. The fraction of sp³-hybridized carbons (Fsp3) is 0.370. The molecule has 0 N–H and O–H groups in total. The Hall–Kier alpha value is -3.25. The number of methoxy groups -OCH3 is 2. The van der Waals surface area contributed by atoms with Gasteiger partial charge in [0, 0.05) is 36.4 Å². The molecule has 1 unspecified atom stereocenters. The van der Waals surface area contributed by atoms with Gasteiger partial charge < -0.3 is 23.5 Å². The van der Waals surface area contributed by atoms with Gasteiger partial charge in [-0.05, 0) is 37.0 Å². The second-order valence-electron chi connectivity index (χ2n) is 8.41. The molecule has 3 aromatic rings. The Morgan fingerprint density at radius 3 is 2.70 bits per heavy atom. The lowest BCUT2D eigenvalue weighted by atomic mass is 9.95. The van der Waals surface area contributed by atoms with Crippen LogP contribution >= 0.6 is 0 Å². The monoisotopic (exact) mass is 446 g/mol. The van der Waals surface area contributed by atoms with E-state index < -0.39 is 0 Å². The molecule has 5 rings (SSSR count). The van der Waals surface area contributed by atoms with Gasteiger partial charge in [-0.15, -0.1) is 0 Å². The van der Waals surface area contributed by atoms with Crippen molar-refractivity contribution >= 4 is 0 Å². The minimum atomic E-state index is 0.204. The molecule has 0 bridgehead atoms. The molecule has 0 aliphatic carbocycles. The summed E-state index contributed by atoms with van der Waals surface area (Å²) in [6.45, 7) is 2.82. The van der Waals surface area contributed by atoms with E-state index in [0.717, 1.165) is 77.5 Å². The van der Waals surface area contributed by atoms with Crippen LogP contribution in [0.5, 0.6) is 17.2 Å². The first kappa shape index (κ1) is 21.6. The van der Waals surface area contributed by atoms with E-state index in [2.05, 4.69) is 28.8 Å². The van der Waals surface area contributed by atoms with Crippen LogP contribution in [0.3, 0.4) is 0 Å². The zero-order valence-corrected chi connectivity index (χ0v) is 19.3. The third kappa shape index (κ3) is 4.48. The van der Waals surface area contributed by atoms with Gasteiger partial charge in [-0.1, -0.05) is 30.3 Å². The summed E-state index contributed by atoms with van der Waals surface area (Å²) < 4.78 is 25.6. The van der Waals surface area contributed by atoms with Crippen LogP contribution in [0.25, 0.3) is 11.3 Å². The van der Waals surface area contributed by atoms with Crippen molar-refractivity contribution in [2.75, 3.05) is 27.4 Å². The predicted octanol–water partition coefficient (Wildman–Crippen LogP) is 4.39. The van der Waals surface area contributed by atoms with E-state index in [4.69, 9.17) is 23.9 Å². The standard InChI is InChI=1S/C27H30N2O4/c1-30-25-11-10-22-23(27(25)31-2)12-13-29-24(22)15-21(33-18-19-7-4-3-5-8-19)16-26(29)28-17-20-9-6-14-32-20/h3-5,7-8,10-11,15-16,20H,6,9,12-14,17-18H2,1-2H3/b28-26+. The highest BCUT2D eigenvalue weighted by Gasteiger charge is 2.23. The molecule has 0 radical (unpaired) electrons. The van der Waals surface area contributed by atoms with E-state index in [0.29, 0.717) is 13.2 Å². The van der Waals surface area contributed by atoms with Gasteiger partial charge in [-0.25, -0.2) is 0 Å². The summed E-state index contributed by atoms with van der Waals surface area (Å²) >= 11 is 0. The molecule has 0 spiro atoms. The number of fused-ring (bicyclic) bond motifs is 3. The summed E-state index contributed by atoms with van der Waals surface area (Å²) in [5.74, 6) is 2.36. The van der Waals surface area contributed by atoms with Crippen LogP contribution in [-0.4, -0.2) is 38.0 Å². The van der Waals surface area contributed by atoms with Crippen LogP contribution in [0.2, 0.25) is 0 Å². The molecule has 2 aliphatic heterocycles. The van der Waals surface area contributed by atoms with Gasteiger partial charge in [0.15, 0.2) is 11.5 Å². The van der Waals surface area contributed by atoms with Crippen molar-refractivity contribution in [3.63, 3.8) is 0 Å². The molecule has 6 nitrogen and oxygen atoms in total. The highest BCUT2D eigenvalue weighted by Crippen LogP contribution is 2.41. The number of hydrogen-bond acceptors (Lipinski definition) is 5. The number of ether oxygens (including phenoxy) is 4. The molecule has 2 aromatic carbocycles. The fourth-order valence-electron chi connectivity index (χ4n) is 4.68. The number of rotatable bonds is 7. The van der Waals surface area contributed by atoms with Gasteiger partial charge in [0.2, 0.25) is 0 Å². The maximum absolute atomic E-state index is 6.23. The minimum Gasteiger partial charge on any atom is -0.493 e. The van der Waals surface area contributed by atoms with Gasteiger partial charge in [0.25, 0.3) is 0 Å². The number of nitrogens with zero attached hydrogens (tertiary/aromatic N) is 2. The van der Waals surface area contributed by atoms with Crippen molar-refractivity contribution < 1.29 is 18.9 Å². The fourth-order valence-corrected chi connectivity index (χ4v) is 4.68. The van der Waals surface area contributed by atoms with Gasteiger partial charge >= 0.3 is 0 Å². The third-order valence-electron chi connectivity index (χ3n) is 6.36. The van der Waals surface area contributed by atoms with Crippen molar-refractivity contribution in [3.05, 3.63) is 71.2 Å². The van der Waals surface area contributed by atoms with E-state index >= 15 is 0 Å². The summed E-state index contributed by atoms with van der Waals surface area (Å²) in [5, 5.41) is 0. The maximum Gasteiger partial charge on any atom is 0.164 e. The summed E-state index contributed by atoms with van der Waals surface area (Å²) in [6, 6.07) is 18.4. The van der Waals surface area contributed by atoms with Crippen molar-refractivity contribution in [2.24, 2.45) is 4.99 Å². The summed E-state index contributed by atoms with van der Waals surface area (Å²) in [5.41, 5.74) is 5.41. The van der Waals surface area contributed by atoms with Crippen molar-refractivity contribution in [3.8, 4) is 28.5 Å². The topological polar surface area (TPSA) is 54.2 Å². The first-order valence-corrected chi connectivity index (χ1v) is 11.5. The van der Waals surface area contributed by atoms with Crippen LogP contribution in [0.1, 0.15) is 24.0 Å². The second-order valence-corrected chi connectivity index (χ2v) is 8.41. The first-order valence-electron chi connectivity index (χ1n) is 11.5. The van der Waals surface area contributed by atoms with E-state index in [1.54, 1.807) is 14.2 Å². The highest BCUT2D eigenvalue weighted by atomic mass is 16.5. The molecular weight excluding hydrogens is 416 g/mol. The number of aromatic nitrogens is 1. The molecule has 1 aromatic heterocycles. The zero-order valence-electron chi connectivity index (χ0n) is 19.3. The van der Waals surface area contributed by atoms with Gasteiger partial charge in [-0.3, -0.25) is 4.99 Å². The normalized spacial score (nSPS) is 17.4. The molecule has 1 saturated heterocycles. The SMILES string of the molecule is COc1ccc2c(c1OC)CCn1c-2cc(OCc2ccccc2)c/c1=N\CC1CCCO1. The molecule has 33 heavy (non-hydrogen) atoms. The lowest BCUT2D eigenvalue weighted by molar-refractivity contribution is 0.117. The lowest BCUT2D eigenvalue weighted by Crippen LogP contribution is -2.28. The van der Waals surface area contributed by atoms with Gasteiger partial charge in [-0.2, -0.15) is 0 Å². The summed E-state index contributed by atoms with van der Waals surface area (Å²) in [6.07, 6.45) is 3.23. The first-order chi connectivity index (χ1) is 16.3. The summed E-state index contributed by atoms with van der Waals surface area (Å²) in [7, 11) is 3.37. The molecule has 172 valence electrons. The van der Waals surface area contributed by atoms with Crippen molar-refractivity contribution in [2.45, 2.75) is 38.5 Å². The van der Waals surface area contributed by atoms with E-state index in [1.807, 2.05) is 30.3 Å². The smallest absolute Gasteiger partial charge is 0.164 e. The Bertz CT molecular complexity index is 1180. The minimum absolute atomic E-state index is 0.204. The van der Waals surface area contributed by atoms with Crippen molar-refractivity contribution in [1.82, 2.24) is 4.57 Å². The van der Waals surface area contributed by atoms with E-state index in [1.165, 1.54) is 0 Å². The Balaban J connectivity index is 1.56. The quantitative estimate of drug-likeness (QED) is 0.540. The van der Waals surface area contributed by atoms with Gasteiger partial charge in [0.05, 0.1) is 32.6 Å². The molecule has 1 atom stereocenters. The number of benzene rings is 2. The van der Waals surface area contributed by atoms with Crippen LogP contribution in [0, 0.1) is 0 Å². The van der Waals surface area contributed by atoms with Crippen LogP contribution in [0.15, 0.2) is 59.6 Å². The van der Waals surface area contributed by atoms with E-state index in [-0.39, 0.29) is 6.10 Å². The molecule has 2 aliphatic rings. The number of hydrogen-bond donors (Lipinski definition) is 0. The Labute approximate surface area is 194 Å². The van der Waals surface area contributed by atoms with Crippen LogP contribution < -0.4 is 19.7 Å². The Morgan fingerprint density at radius 2 is 1.94 bits per heavy atom. The molecular formula is C27H30N2O4. The van der Waals surface area contributed by atoms with E-state index in [9.17, 15) is 0 Å². The lowest BCUT2D eigenvalue weighted by Gasteiger charge is -2.26. The second kappa shape index (κ2) is 9.71. The van der Waals surface area contributed by atoms with Crippen LogP contribution in [-0.2, 0) is 24.3 Å². The predicted molar refractivity (Wildman–Crippen MR) is 127 cm³/mol. The third-order valence-corrected chi connectivity index (χ3v) is 6.36. The largest absolute Gasteiger partial charge is 0.493 e. The maximum atomic E-state index is 6.23. The molecule has 0 amide bonds. The summed E-state index contributed by atoms with van der Waals surface area (Å²) in [4.78, 5) is 4.97. The Kier molecular flexibility index (Phi) is 6.35. The Morgan fingerprint density at radius 1 is 1.06 bits per heavy atom. The highest BCUT2D eigenvalue weighted by molar-refractivity contribution is 5.72. The molecule has 1 fully saturated rings. The van der Waals surface area contributed by atoms with Gasteiger partial charge in [0.1, 0.15) is 17.8 Å². The zero-order chi connectivity index (χ0) is 22.6. The average molecular weight is 447 g/mol. The molecule has 6 heteroatoms. The van der Waals surface area contributed by atoms with Crippen molar-refractivity contribution in [1.29, 1.82) is 0 Å². The molecule has 3 heterocycles. The average Bonchev–Trinajstić information content (AvgIpc) is 3.39. The van der Waals surface area contributed by atoms with Crippen LogP contribution in [0.4, 0.5) is 0 Å².